The summed E-state index contributed by atoms with van der Waals surface area (Å²) in [7, 11) is 0. The second-order valence-corrected chi connectivity index (χ2v) is 21.8. The predicted octanol–water partition coefficient (Wildman–Crippen LogP) is 22.0. The molecule has 0 aliphatic heterocycles. The summed E-state index contributed by atoms with van der Waals surface area (Å²) in [4.78, 5) is 4.82. The first kappa shape index (κ1) is 47.6. The Morgan fingerprint density at radius 1 is 0.262 bits per heavy atom. The van der Waals surface area contributed by atoms with Crippen molar-refractivity contribution in [3.05, 3.63) is 326 Å². The van der Waals surface area contributed by atoms with Gasteiger partial charge in [-0.2, -0.15) is 0 Å². The molecule has 17 rings (SSSR count). The summed E-state index contributed by atoms with van der Waals surface area (Å²) in [6, 6.07) is 109. The van der Waals surface area contributed by atoms with E-state index in [1.807, 2.05) is 12.1 Å². The average Bonchev–Trinajstić information content (AvgIpc) is 1.55. The topological polar surface area (TPSA) is 45.9 Å². The molecule has 0 spiro atoms. The van der Waals surface area contributed by atoms with Gasteiger partial charge in [-0.3, -0.25) is 0 Å². The Bertz CT molecular complexity index is 5180. The van der Waals surface area contributed by atoms with Gasteiger partial charge in [-0.05, 0) is 105 Å². The van der Waals surface area contributed by atoms with E-state index in [0.29, 0.717) is 0 Å². The first-order valence-electron chi connectivity index (χ1n) is 28.6. The Balaban J connectivity index is 1.02. The van der Waals surface area contributed by atoms with Crippen molar-refractivity contribution in [2.75, 3.05) is 9.80 Å². The maximum atomic E-state index is 7.45. The summed E-state index contributed by atoms with van der Waals surface area (Å²) in [5.41, 5.74) is 20.8. The zero-order chi connectivity index (χ0) is 55.3. The molecule has 3 heterocycles. The summed E-state index contributed by atoms with van der Waals surface area (Å²) in [5, 5.41) is 6.30. The van der Waals surface area contributed by atoms with Crippen molar-refractivity contribution in [2.45, 2.75) is 5.41 Å². The van der Waals surface area contributed by atoms with Crippen LogP contribution in [0.1, 0.15) is 22.3 Å². The van der Waals surface area contributed by atoms with Crippen molar-refractivity contribution in [3.8, 4) is 33.4 Å². The minimum atomic E-state index is -0.892. The smallest absolute Gasteiger partial charge is 0.160 e. The van der Waals surface area contributed by atoms with E-state index in [-0.39, 0.29) is 0 Å². The largest absolute Gasteiger partial charge is 0.454 e. The van der Waals surface area contributed by atoms with Gasteiger partial charge >= 0.3 is 0 Å². The fourth-order valence-electron chi connectivity index (χ4n) is 13.8. The number of anilines is 6. The molecule has 0 radical (unpaired) electrons. The molecule has 0 fully saturated rings. The summed E-state index contributed by atoms with van der Waals surface area (Å²) in [6.07, 6.45) is 0. The highest BCUT2D eigenvalue weighted by atomic mass is 16.3. The van der Waals surface area contributed by atoms with Gasteiger partial charge in [0.05, 0.1) is 33.9 Å². The number of hydrogen-bond acceptors (Lipinski definition) is 5. The van der Waals surface area contributed by atoms with Crippen LogP contribution in [0, 0.1) is 0 Å². The molecule has 0 amide bonds. The van der Waals surface area contributed by atoms with E-state index >= 15 is 0 Å². The molecule has 5 nitrogen and oxygen atoms in total. The molecule has 0 atom stereocenters. The third-order valence-corrected chi connectivity index (χ3v) is 17.3. The zero-order valence-electron chi connectivity index (χ0n) is 45.5. The Labute approximate surface area is 484 Å². The van der Waals surface area contributed by atoms with Gasteiger partial charge in [-0.1, -0.05) is 243 Å². The molecular formula is C79H50N2O3. The highest BCUT2D eigenvalue weighted by Crippen LogP contribution is 2.63. The molecule has 84 heavy (non-hydrogen) atoms. The monoisotopic (exact) mass is 1070 g/mol. The SMILES string of the molecule is c1ccc(-c2ccccc2N(c2ccc3c(c2)C(c2ccccc2)(c2ccccc2)c2cc(N(c4ccccc4-c4ccccc4)c4cccc5c4oc4ccccc45)c4oc5ccccc5c4c2-3)c2cccc3c2oc2ccccc23)cc1. The summed E-state index contributed by atoms with van der Waals surface area (Å²) < 4.78 is 21.5. The van der Waals surface area contributed by atoms with Gasteiger partial charge in [0.1, 0.15) is 16.7 Å². The van der Waals surface area contributed by atoms with Crippen molar-refractivity contribution in [1.29, 1.82) is 0 Å². The third-order valence-electron chi connectivity index (χ3n) is 17.3. The van der Waals surface area contributed by atoms with Crippen molar-refractivity contribution in [1.82, 2.24) is 0 Å². The molecule has 3 aromatic heterocycles. The Kier molecular flexibility index (Phi) is 10.8. The molecule has 13 aromatic carbocycles. The van der Waals surface area contributed by atoms with Crippen LogP contribution >= 0.6 is 0 Å². The van der Waals surface area contributed by atoms with Crippen LogP contribution in [-0.4, -0.2) is 0 Å². The highest BCUT2D eigenvalue weighted by Gasteiger charge is 2.49. The lowest BCUT2D eigenvalue weighted by atomic mass is 9.67. The molecule has 1 aliphatic rings. The van der Waals surface area contributed by atoms with Crippen molar-refractivity contribution in [2.24, 2.45) is 0 Å². The molecule has 0 saturated carbocycles. The van der Waals surface area contributed by atoms with Gasteiger partial charge in [0, 0.05) is 49.1 Å². The predicted molar refractivity (Wildman–Crippen MR) is 346 cm³/mol. The fraction of sp³-hybridized carbons (Fsp3) is 0.0127. The van der Waals surface area contributed by atoms with Crippen LogP contribution in [0.4, 0.5) is 34.1 Å². The number of nitrogens with zero attached hydrogens (tertiary/aromatic N) is 2. The van der Waals surface area contributed by atoms with Crippen LogP contribution < -0.4 is 9.80 Å². The molecule has 0 saturated heterocycles. The normalized spacial score (nSPS) is 12.6. The molecule has 0 N–H and O–H groups in total. The summed E-state index contributed by atoms with van der Waals surface area (Å²) in [5.74, 6) is 0. The second kappa shape index (κ2) is 19.0. The molecule has 0 unspecified atom stereocenters. The number of fused-ring (bicyclic) bond motifs is 13. The first-order chi connectivity index (χ1) is 41.7. The lowest BCUT2D eigenvalue weighted by Crippen LogP contribution is -2.29. The van der Waals surface area contributed by atoms with E-state index in [9.17, 15) is 0 Å². The highest BCUT2D eigenvalue weighted by molar-refractivity contribution is 6.21. The number of benzene rings is 13. The number of hydrogen-bond donors (Lipinski definition) is 0. The third kappa shape index (κ3) is 7.09. The van der Waals surface area contributed by atoms with Crippen LogP contribution in [0.5, 0.6) is 0 Å². The Morgan fingerprint density at radius 2 is 0.679 bits per heavy atom. The maximum absolute atomic E-state index is 7.45. The van der Waals surface area contributed by atoms with Crippen molar-refractivity contribution < 1.29 is 13.3 Å². The van der Waals surface area contributed by atoms with Gasteiger partial charge in [0.15, 0.2) is 16.7 Å². The van der Waals surface area contributed by atoms with Crippen molar-refractivity contribution in [3.63, 3.8) is 0 Å². The van der Waals surface area contributed by atoms with Crippen LogP contribution in [0.3, 0.4) is 0 Å². The number of para-hydroxylation sites is 7. The summed E-state index contributed by atoms with van der Waals surface area (Å²) in [6.45, 7) is 0. The lowest BCUT2D eigenvalue weighted by Gasteiger charge is -2.36. The van der Waals surface area contributed by atoms with E-state index in [1.54, 1.807) is 0 Å². The maximum Gasteiger partial charge on any atom is 0.160 e. The van der Waals surface area contributed by atoms with E-state index in [1.165, 1.54) is 0 Å². The zero-order valence-corrected chi connectivity index (χ0v) is 45.5. The summed E-state index contributed by atoms with van der Waals surface area (Å²) >= 11 is 0. The Hall–Kier alpha value is -11.1. The minimum absolute atomic E-state index is 0.771. The van der Waals surface area contributed by atoms with Gasteiger partial charge in [-0.25, -0.2) is 0 Å². The van der Waals surface area contributed by atoms with E-state index < -0.39 is 5.41 Å². The van der Waals surface area contributed by atoms with Crippen molar-refractivity contribution >= 4 is 99.9 Å². The van der Waals surface area contributed by atoms with Crippen LogP contribution in [0.15, 0.2) is 317 Å². The van der Waals surface area contributed by atoms with Gasteiger partial charge in [-0.15, -0.1) is 0 Å². The standard InChI is InChI=1S/C79H50N2O3/c1-5-25-51(26-6-1)56-33-13-18-40-66(56)80(68-42-23-38-60-58-35-15-20-44-71(58)82-76(60)68)55-47-48-62-64(49-55)79(53-29-9-3-10-30-53,54-31-11-4-12-32-54)65-50-70(78-75(74(62)65)63-37-17-22-46-73(63)84-78)81(67-41-19-14-34-57(67)52-27-7-2-8-28-52)69-43-24-39-61-59-36-16-21-45-72(59)83-77(61)69/h1-50H. The first-order valence-corrected chi connectivity index (χ1v) is 28.6. The average molecular weight is 1080 g/mol. The molecule has 16 aromatic rings. The number of rotatable bonds is 10. The Morgan fingerprint density at radius 3 is 1.24 bits per heavy atom. The molecular weight excluding hydrogens is 1020 g/mol. The number of furan rings is 3. The fourth-order valence-corrected chi connectivity index (χ4v) is 13.8. The minimum Gasteiger partial charge on any atom is -0.454 e. The second-order valence-electron chi connectivity index (χ2n) is 21.8. The van der Waals surface area contributed by atoms with Gasteiger partial charge in [0.25, 0.3) is 0 Å². The van der Waals surface area contributed by atoms with Gasteiger partial charge in [0.2, 0.25) is 0 Å². The van der Waals surface area contributed by atoms with Gasteiger partial charge < -0.3 is 23.1 Å². The van der Waals surface area contributed by atoms with E-state index in [0.717, 1.165) is 156 Å². The van der Waals surface area contributed by atoms with Crippen LogP contribution in [0.2, 0.25) is 0 Å². The van der Waals surface area contributed by atoms with Crippen LogP contribution in [0.25, 0.3) is 99.2 Å². The molecule has 5 heteroatoms. The molecule has 1 aliphatic carbocycles. The molecule has 394 valence electrons. The van der Waals surface area contributed by atoms with Crippen LogP contribution in [-0.2, 0) is 5.41 Å². The lowest BCUT2D eigenvalue weighted by molar-refractivity contribution is 0.666. The quantitative estimate of drug-likeness (QED) is 0.137. The van der Waals surface area contributed by atoms with E-state index in [2.05, 4.69) is 301 Å². The van der Waals surface area contributed by atoms with E-state index in [4.69, 9.17) is 13.3 Å². The molecule has 0 bridgehead atoms.